The lowest BCUT2D eigenvalue weighted by Crippen LogP contribution is -2.44. The first-order valence-corrected chi connectivity index (χ1v) is 8.66. The van der Waals surface area contributed by atoms with Crippen molar-refractivity contribution >= 4 is 12.0 Å². The number of nitrogens with zero attached hydrogens (tertiary/aromatic N) is 1. The molecule has 2 aliphatic heterocycles. The maximum Gasteiger partial charge on any atom is 0.246 e. The average molecular weight is 313 g/mol. The number of hydrogen-bond acceptors (Lipinski definition) is 3. The van der Waals surface area contributed by atoms with Crippen molar-refractivity contribution in [3.8, 4) is 11.5 Å². The molecule has 1 aromatic rings. The van der Waals surface area contributed by atoms with Crippen LogP contribution in [0.1, 0.15) is 37.7 Å². The monoisotopic (exact) mass is 313 g/mol. The molecular weight excluding hydrogens is 290 g/mol. The van der Waals surface area contributed by atoms with Crippen molar-refractivity contribution < 1.29 is 14.3 Å². The summed E-state index contributed by atoms with van der Waals surface area (Å²) in [6, 6.07) is 5.75. The second-order valence-corrected chi connectivity index (χ2v) is 6.82. The van der Waals surface area contributed by atoms with Gasteiger partial charge in [0.2, 0.25) is 12.7 Å². The van der Waals surface area contributed by atoms with Crippen molar-refractivity contribution in [3.63, 3.8) is 0 Å². The molecule has 0 N–H and O–H groups in total. The smallest absolute Gasteiger partial charge is 0.246 e. The lowest BCUT2D eigenvalue weighted by atomic mass is 9.75. The molecule has 0 bridgehead atoms. The largest absolute Gasteiger partial charge is 0.454 e. The third-order valence-corrected chi connectivity index (χ3v) is 5.42. The fraction of sp³-hybridized carbons (Fsp3) is 0.526. The Kier molecular flexibility index (Phi) is 3.98. The Bertz CT molecular complexity index is 625. The summed E-state index contributed by atoms with van der Waals surface area (Å²) in [4.78, 5) is 14.5. The maximum atomic E-state index is 12.5. The summed E-state index contributed by atoms with van der Waals surface area (Å²) in [5, 5.41) is 0. The number of carbonyl (C=O) groups excluding carboxylic acids is 1. The highest BCUT2D eigenvalue weighted by Gasteiger charge is 2.32. The van der Waals surface area contributed by atoms with Gasteiger partial charge in [0, 0.05) is 19.2 Å². The Morgan fingerprint density at radius 1 is 1.09 bits per heavy atom. The molecule has 4 rings (SSSR count). The van der Waals surface area contributed by atoms with E-state index in [0.717, 1.165) is 42.0 Å². The number of amides is 1. The van der Waals surface area contributed by atoms with Crippen molar-refractivity contribution in [1.82, 2.24) is 4.90 Å². The Morgan fingerprint density at radius 2 is 1.91 bits per heavy atom. The predicted molar refractivity (Wildman–Crippen MR) is 88.2 cm³/mol. The van der Waals surface area contributed by atoms with Crippen molar-refractivity contribution in [2.45, 2.75) is 32.1 Å². The minimum absolute atomic E-state index is 0.131. The van der Waals surface area contributed by atoms with E-state index >= 15 is 0 Å². The van der Waals surface area contributed by atoms with Crippen LogP contribution in [0, 0.1) is 11.8 Å². The molecule has 4 nitrogen and oxygen atoms in total. The van der Waals surface area contributed by atoms with Crippen LogP contribution in [0.5, 0.6) is 11.5 Å². The number of piperidine rings is 1. The number of benzene rings is 1. The molecule has 0 aromatic heterocycles. The Morgan fingerprint density at radius 3 is 2.83 bits per heavy atom. The fourth-order valence-corrected chi connectivity index (χ4v) is 4.09. The van der Waals surface area contributed by atoms with Gasteiger partial charge in [-0.2, -0.15) is 0 Å². The number of hydrogen-bond donors (Lipinski definition) is 0. The molecule has 2 fully saturated rings. The lowest BCUT2D eigenvalue weighted by molar-refractivity contribution is -0.128. The lowest BCUT2D eigenvalue weighted by Gasteiger charge is -2.41. The molecule has 1 aliphatic carbocycles. The van der Waals surface area contributed by atoms with Gasteiger partial charge in [-0.25, -0.2) is 0 Å². The van der Waals surface area contributed by atoms with Crippen molar-refractivity contribution in [2.24, 2.45) is 11.8 Å². The quantitative estimate of drug-likeness (QED) is 0.785. The molecule has 0 spiro atoms. The Hall–Kier alpha value is -1.97. The summed E-state index contributed by atoms with van der Waals surface area (Å²) in [5.41, 5.74) is 0.968. The zero-order valence-electron chi connectivity index (χ0n) is 13.4. The molecule has 23 heavy (non-hydrogen) atoms. The molecule has 1 saturated carbocycles. The Labute approximate surface area is 137 Å². The second-order valence-electron chi connectivity index (χ2n) is 6.82. The third kappa shape index (κ3) is 3.07. The molecule has 1 saturated heterocycles. The van der Waals surface area contributed by atoms with Crippen LogP contribution in [0.2, 0.25) is 0 Å². The van der Waals surface area contributed by atoms with Crippen LogP contribution in [0.4, 0.5) is 0 Å². The summed E-state index contributed by atoms with van der Waals surface area (Å²) >= 11 is 0. The van der Waals surface area contributed by atoms with Crippen LogP contribution in [-0.2, 0) is 4.79 Å². The summed E-state index contributed by atoms with van der Waals surface area (Å²) in [5.74, 6) is 3.23. The van der Waals surface area contributed by atoms with Gasteiger partial charge in [0.25, 0.3) is 0 Å². The van der Waals surface area contributed by atoms with Gasteiger partial charge < -0.3 is 14.4 Å². The van der Waals surface area contributed by atoms with E-state index in [1.165, 1.54) is 32.1 Å². The highest BCUT2D eigenvalue weighted by molar-refractivity contribution is 5.92. The molecule has 1 amide bonds. The van der Waals surface area contributed by atoms with E-state index in [0.29, 0.717) is 0 Å². The van der Waals surface area contributed by atoms with E-state index < -0.39 is 0 Å². The molecule has 122 valence electrons. The van der Waals surface area contributed by atoms with Crippen molar-refractivity contribution in [2.75, 3.05) is 19.9 Å². The minimum atomic E-state index is 0.131. The minimum Gasteiger partial charge on any atom is -0.454 e. The molecule has 0 unspecified atom stereocenters. The van der Waals surface area contributed by atoms with Gasteiger partial charge >= 0.3 is 0 Å². The number of likely N-dealkylation sites (tertiary alicyclic amines) is 1. The van der Waals surface area contributed by atoms with Crippen molar-refractivity contribution in [3.05, 3.63) is 29.8 Å². The van der Waals surface area contributed by atoms with Crippen LogP contribution in [0.25, 0.3) is 6.08 Å². The number of ether oxygens (including phenoxy) is 2. The standard InChI is InChI=1S/C19H23NO3/c21-19(20-10-9-15-3-1-2-4-16(15)12-20)8-6-14-5-7-17-18(11-14)23-13-22-17/h5-8,11,15-16H,1-4,9-10,12-13H2/b8-6+/t15-,16+/m1/s1. The summed E-state index contributed by atoms with van der Waals surface area (Å²) in [7, 11) is 0. The van der Waals surface area contributed by atoms with E-state index in [1.54, 1.807) is 6.08 Å². The average Bonchev–Trinajstić information content (AvgIpc) is 3.07. The van der Waals surface area contributed by atoms with Gasteiger partial charge in [-0.05, 0) is 48.4 Å². The zero-order chi connectivity index (χ0) is 15.6. The normalized spacial score (nSPS) is 26.3. The molecule has 2 heterocycles. The van der Waals surface area contributed by atoms with E-state index in [9.17, 15) is 4.79 Å². The van der Waals surface area contributed by atoms with Gasteiger partial charge in [-0.3, -0.25) is 4.79 Å². The Balaban J connectivity index is 1.39. The SMILES string of the molecule is O=C(/C=C/c1ccc2c(c1)OCO2)N1CC[C@H]2CCCC[C@H]2C1. The summed E-state index contributed by atoms with van der Waals surface area (Å²) < 4.78 is 10.7. The van der Waals surface area contributed by atoms with Gasteiger partial charge in [-0.1, -0.05) is 25.3 Å². The van der Waals surface area contributed by atoms with E-state index in [1.807, 2.05) is 29.2 Å². The van der Waals surface area contributed by atoms with E-state index in [4.69, 9.17) is 9.47 Å². The first-order valence-electron chi connectivity index (χ1n) is 8.66. The second kappa shape index (κ2) is 6.26. The summed E-state index contributed by atoms with van der Waals surface area (Å²) in [6.07, 6.45) is 10.1. The first-order chi connectivity index (χ1) is 11.3. The summed E-state index contributed by atoms with van der Waals surface area (Å²) in [6.45, 7) is 2.12. The molecule has 3 aliphatic rings. The molecule has 4 heteroatoms. The van der Waals surface area contributed by atoms with Crippen molar-refractivity contribution in [1.29, 1.82) is 0 Å². The van der Waals surface area contributed by atoms with Crippen LogP contribution < -0.4 is 9.47 Å². The van der Waals surface area contributed by atoms with Gasteiger partial charge in [-0.15, -0.1) is 0 Å². The number of carbonyl (C=O) groups is 1. The van der Waals surface area contributed by atoms with Gasteiger partial charge in [0.05, 0.1) is 0 Å². The number of rotatable bonds is 2. The van der Waals surface area contributed by atoms with Crippen LogP contribution in [0.15, 0.2) is 24.3 Å². The fourth-order valence-electron chi connectivity index (χ4n) is 4.09. The third-order valence-electron chi connectivity index (χ3n) is 5.42. The first kappa shape index (κ1) is 14.6. The molecule has 0 radical (unpaired) electrons. The van der Waals surface area contributed by atoms with E-state index in [-0.39, 0.29) is 12.7 Å². The zero-order valence-corrected chi connectivity index (χ0v) is 13.4. The topological polar surface area (TPSA) is 38.8 Å². The molecule has 2 atom stereocenters. The van der Waals surface area contributed by atoms with Crippen LogP contribution in [0.3, 0.4) is 0 Å². The number of fused-ring (bicyclic) bond motifs is 2. The predicted octanol–water partition coefficient (Wildman–Crippen LogP) is 3.47. The molecule has 1 aromatic carbocycles. The highest BCUT2D eigenvalue weighted by atomic mass is 16.7. The van der Waals surface area contributed by atoms with Crippen LogP contribution >= 0.6 is 0 Å². The van der Waals surface area contributed by atoms with Gasteiger partial charge in [0.15, 0.2) is 11.5 Å². The van der Waals surface area contributed by atoms with E-state index in [2.05, 4.69) is 0 Å². The van der Waals surface area contributed by atoms with Crippen LogP contribution in [-0.4, -0.2) is 30.7 Å². The highest BCUT2D eigenvalue weighted by Crippen LogP contribution is 2.36. The van der Waals surface area contributed by atoms with Gasteiger partial charge in [0.1, 0.15) is 0 Å². The molecular formula is C19H23NO3. The maximum absolute atomic E-state index is 12.5.